The molecule has 0 fully saturated rings. The molecule has 4 aliphatic rings. The lowest BCUT2D eigenvalue weighted by molar-refractivity contribution is -0.140. The molecular weight excluding hydrogens is 594 g/mol. The number of allylic oxidation sites excluding steroid dienone is 5. The lowest BCUT2D eigenvalue weighted by Gasteiger charge is -2.38. The summed E-state index contributed by atoms with van der Waals surface area (Å²) in [4.78, 5) is 67.1. The first-order valence-corrected chi connectivity index (χ1v) is 16.0. The van der Waals surface area contributed by atoms with Crippen LogP contribution in [-0.2, 0) is 24.0 Å². The van der Waals surface area contributed by atoms with Gasteiger partial charge in [0.2, 0.25) is 5.78 Å². The number of carbonyl (C=O) groups excluding carboxylic acids is 5. The minimum absolute atomic E-state index is 0.0706. The van der Waals surface area contributed by atoms with Crippen LogP contribution in [0.3, 0.4) is 0 Å². The van der Waals surface area contributed by atoms with Gasteiger partial charge in [0.25, 0.3) is 5.91 Å². The highest BCUT2D eigenvalue weighted by molar-refractivity contribution is 6.29. The van der Waals surface area contributed by atoms with Gasteiger partial charge in [-0.25, -0.2) is 0 Å². The Morgan fingerprint density at radius 3 is 1.85 bits per heavy atom. The molecule has 1 amide bonds. The van der Waals surface area contributed by atoms with Crippen LogP contribution in [0.1, 0.15) is 61.8 Å². The first-order valence-electron chi connectivity index (χ1n) is 16.0. The molecule has 2 heterocycles. The van der Waals surface area contributed by atoms with Crippen LogP contribution in [0.25, 0.3) is 0 Å². The van der Waals surface area contributed by atoms with Crippen molar-refractivity contribution in [2.45, 2.75) is 92.3 Å². The number of rotatable bonds is 0. The zero-order valence-corrected chi connectivity index (χ0v) is 27.8. The third-order valence-electron chi connectivity index (χ3n) is 10.3. The first-order chi connectivity index (χ1) is 21.3. The van der Waals surface area contributed by atoms with Crippen molar-refractivity contribution in [3.05, 3.63) is 46.7 Å². The highest BCUT2D eigenvalue weighted by atomic mass is 16.3. The fourth-order valence-electron chi connectivity index (χ4n) is 6.90. The van der Waals surface area contributed by atoms with Crippen molar-refractivity contribution in [3.8, 4) is 0 Å². The van der Waals surface area contributed by atoms with Crippen LogP contribution in [0, 0.1) is 47.3 Å². The van der Waals surface area contributed by atoms with Gasteiger partial charge in [0, 0.05) is 58.3 Å². The topological polar surface area (TPSA) is 199 Å². The van der Waals surface area contributed by atoms with E-state index in [2.05, 4.69) is 5.32 Å². The number of hydrogen-bond acceptors (Lipinski definition) is 10. The lowest BCUT2D eigenvalue weighted by atomic mass is 9.66. The Hall–Kier alpha value is -3.09. The van der Waals surface area contributed by atoms with E-state index in [4.69, 9.17) is 0 Å². The molecule has 11 nitrogen and oxygen atoms in total. The van der Waals surface area contributed by atoms with E-state index >= 15 is 0 Å². The van der Waals surface area contributed by atoms with Gasteiger partial charge in [0.05, 0.1) is 36.2 Å². The predicted molar refractivity (Wildman–Crippen MR) is 168 cm³/mol. The molecule has 0 saturated carbocycles. The zero-order valence-electron chi connectivity index (χ0n) is 27.8. The third-order valence-corrected chi connectivity index (χ3v) is 10.3. The van der Waals surface area contributed by atoms with Gasteiger partial charge in [-0.2, -0.15) is 0 Å². The van der Waals surface area contributed by atoms with Crippen molar-refractivity contribution >= 4 is 29.0 Å². The SMILES string of the molecule is CC1=C/C=C/[C@H](C)[C@H](O)[C@@H](C)[C@@H](O)[C@@H](C)[C@H](O)[C@H](C)[C@@H](O)C(C)CC(C)C(=O)C2C(=O)C(C)C(O)C3=C2C(=O)C=C(NC1=O)C3=O. The molecule has 11 heteroatoms. The summed E-state index contributed by atoms with van der Waals surface area (Å²) in [5, 5.41) is 57.7. The maximum absolute atomic E-state index is 13.8. The van der Waals surface area contributed by atoms with Crippen LogP contribution < -0.4 is 5.32 Å². The van der Waals surface area contributed by atoms with Crippen LogP contribution in [0.4, 0.5) is 0 Å². The van der Waals surface area contributed by atoms with Crippen molar-refractivity contribution in [2.75, 3.05) is 0 Å². The van der Waals surface area contributed by atoms with E-state index in [-0.39, 0.29) is 12.0 Å². The van der Waals surface area contributed by atoms with Gasteiger partial charge in [0.15, 0.2) is 17.3 Å². The van der Waals surface area contributed by atoms with E-state index < -0.39 is 124 Å². The van der Waals surface area contributed by atoms with Crippen molar-refractivity contribution in [2.24, 2.45) is 47.3 Å². The van der Waals surface area contributed by atoms with Gasteiger partial charge in [0.1, 0.15) is 5.92 Å². The fraction of sp³-hybridized carbons (Fsp3) is 0.629. The van der Waals surface area contributed by atoms with Crippen molar-refractivity contribution in [3.63, 3.8) is 0 Å². The summed E-state index contributed by atoms with van der Waals surface area (Å²) in [6.45, 7) is 12.7. The number of aliphatic hydroxyl groups is 5. The fourth-order valence-corrected chi connectivity index (χ4v) is 6.90. The summed E-state index contributed by atoms with van der Waals surface area (Å²) in [5.41, 5.74) is -1.03. The Labute approximate surface area is 270 Å². The minimum Gasteiger partial charge on any atom is -0.392 e. The number of aliphatic hydroxyl groups excluding tert-OH is 5. The van der Waals surface area contributed by atoms with E-state index in [0.29, 0.717) is 0 Å². The van der Waals surface area contributed by atoms with E-state index in [9.17, 15) is 49.5 Å². The molecule has 0 aromatic carbocycles. The largest absolute Gasteiger partial charge is 0.392 e. The van der Waals surface area contributed by atoms with Gasteiger partial charge in [-0.3, -0.25) is 24.0 Å². The van der Waals surface area contributed by atoms with Crippen LogP contribution in [-0.4, -0.2) is 85.1 Å². The molecule has 46 heavy (non-hydrogen) atoms. The minimum atomic E-state index is -1.66. The van der Waals surface area contributed by atoms with Gasteiger partial charge >= 0.3 is 0 Å². The monoisotopic (exact) mass is 643 g/mol. The molecular formula is C35H49NO10. The van der Waals surface area contributed by atoms with Crippen LogP contribution in [0.5, 0.6) is 0 Å². The number of hydrogen-bond donors (Lipinski definition) is 6. The number of carbonyl (C=O) groups is 5. The molecule has 2 aliphatic carbocycles. The van der Waals surface area contributed by atoms with Crippen molar-refractivity contribution in [1.82, 2.24) is 5.32 Å². The van der Waals surface area contributed by atoms with Crippen LogP contribution >= 0.6 is 0 Å². The maximum atomic E-state index is 13.8. The Balaban J connectivity index is 2.09. The van der Waals surface area contributed by atoms with Crippen molar-refractivity contribution < 1.29 is 49.5 Å². The molecule has 254 valence electrons. The third kappa shape index (κ3) is 7.23. The second-order valence-electron chi connectivity index (χ2n) is 13.8. The molecule has 5 unspecified atom stereocenters. The quantitative estimate of drug-likeness (QED) is 0.166. The standard InChI is InChI=1S/C35H49NO10/c1-14-10-9-11-15(2)35(46)36-22-13-23(37)24-25(32(43)21(8)33(44)26(24)34(22)45)29(40)17(4)12-16(3)28(39)19(6)31(42)20(7)30(41)18(5)27(14)38/h9-11,13-14,16-21,25,27-28,30-31,33,38-39,41-42,44H,12H2,1-8H3,(H,36,46)/b10-9+,15-11?/t14-,16?,17?,18+,19+,20+,21?,25?,27-,28-,30+,31+,33?/m0/s1. The molecule has 2 aliphatic heterocycles. The lowest BCUT2D eigenvalue weighted by Crippen LogP contribution is -2.49. The molecule has 0 aromatic heterocycles. The van der Waals surface area contributed by atoms with E-state index in [1.807, 2.05) is 0 Å². The van der Waals surface area contributed by atoms with Crippen molar-refractivity contribution in [1.29, 1.82) is 0 Å². The van der Waals surface area contributed by atoms with Crippen LogP contribution in [0.15, 0.2) is 46.7 Å². The highest BCUT2D eigenvalue weighted by Gasteiger charge is 2.51. The molecule has 0 saturated heterocycles. The van der Waals surface area contributed by atoms with Gasteiger partial charge in [-0.15, -0.1) is 0 Å². The van der Waals surface area contributed by atoms with E-state index in [0.717, 1.165) is 6.08 Å². The summed E-state index contributed by atoms with van der Waals surface area (Å²) in [5.74, 6) is -10.6. The zero-order chi connectivity index (χ0) is 34.9. The summed E-state index contributed by atoms with van der Waals surface area (Å²) in [6.07, 6.45) is -0.569. The summed E-state index contributed by atoms with van der Waals surface area (Å²) < 4.78 is 0. The second kappa shape index (κ2) is 14.8. The molecule has 4 rings (SSSR count). The smallest absolute Gasteiger partial charge is 0.251 e. The number of nitrogens with one attached hydrogen (secondary N) is 1. The van der Waals surface area contributed by atoms with Gasteiger partial charge in [-0.1, -0.05) is 66.7 Å². The molecule has 13 atom stereocenters. The Bertz CT molecular complexity index is 1370. The van der Waals surface area contributed by atoms with Gasteiger partial charge in [-0.05, 0) is 19.3 Å². The molecule has 0 radical (unpaired) electrons. The predicted octanol–water partition coefficient (Wildman–Crippen LogP) is 1.37. The molecule has 0 aromatic rings. The number of ketones is 4. The maximum Gasteiger partial charge on any atom is 0.251 e. The average molecular weight is 644 g/mol. The highest BCUT2D eigenvalue weighted by Crippen LogP contribution is 2.39. The summed E-state index contributed by atoms with van der Waals surface area (Å²) in [7, 11) is 0. The second-order valence-corrected chi connectivity index (χ2v) is 13.8. The normalized spacial score (nSPS) is 41.6. The average Bonchev–Trinajstić information content (AvgIpc) is 3.02. The Morgan fingerprint density at radius 1 is 0.717 bits per heavy atom. The number of Topliss-reactive ketones (excluding diaryl/α,β-unsaturated/α-hetero) is 3. The molecule has 6 N–H and O–H groups in total. The number of fused-ring (bicyclic) bond motifs is 16. The number of amides is 1. The Morgan fingerprint density at radius 2 is 1.26 bits per heavy atom. The Kier molecular flexibility index (Phi) is 12.0. The summed E-state index contributed by atoms with van der Waals surface area (Å²) in [6, 6.07) is 0. The molecule has 4 bridgehead atoms. The van der Waals surface area contributed by atoms with Crippen LogP contribution in [0.2, 0.25) is 0 Å². The van der Waals surface area contributed by atoms with E-state index in [1.54, 1.807) is 47.6 Å². The first kappa shape index (κ1) is 37.4. The van der Waals surface area contributed by atoms with Gasteiger partial charge < -0.3 is 30.8 Å². The molecule has 0 spiro atoms. The summed E-state index contributed by atoms with van der Waals surface area (Å²) >= 11 is 0. The van der Waals surface area contributed by atoms with E-state index in [1.165, 1.54) is 26.0 Å².